The Bertz CT molecular complexity index is 722. The van der Waals surface area contributed by atoms with Gasteiger partial charge in [0.25, 0.3) is 0 Å². The van der Waals surface area contributed by atoms with Crippen molar-refractivity contribution in [3.8, 4) is 0 Å². The monoisotopic (exact) mass is 370 g/mol. The van der Waals surface area contributed by atoms with Crippen molar-refractivity contribution in [2.24, 2.45) is 0 Å². The Hall–Kier alpha value is -1.46. The Labute approximate surface area is 144 Å². The zero-order chi connectivity index (χ0) is 16.4. The second-order valence-electron chi connectivity index (χ2n) is 4.67. The highest BCUT2D eigenvalue weighted by Crippen LogP contribution is 2.41. The third kappa shape index (κ3) is 4.09. The standard InChI is InChI=1S/C12H14N6O2S3/c1-5(9-15-13-7(3)19-9)21-11-17-18-12(23-11)22-6(2)10-16-14-8(4)20-10/h5-6H,1-4H3/t5-,6-/m0/s1. The summed E-state index contributed by atoms with van der Waals surface area (Å²) >= 11 is 4.60. The molecule has 0 N–H and O–H groups in total. The normalized spacial score (nSPS) is 14.1. The molecule has 0 saturated heterocycles. The van der Waals surface area contributed by atoms with E-state index in [2.05, 4.69) is 30.6 Å². The van der Waals surface area contributed by atoms with Gasteiger partial charge in [-0.05, 0) is 13.8 Å². The highest BCUT2D eigenvalue weighted by atomic mass is 32.2. The number of nitrogens with zero attached hydrogens (tertiary/aromatic N) is 6. The first-order valence-corrected chi connectivity index (χ1v) is 9.35. The third-order valence-electron chi connectivity index (χ3n) is 2.72. The van der Waals surface area contributed by atoms with E-state index in [1.54, 1.807) is 37.4 Å². The van der Waals surface area contributed by atoms with Gasteiger partial charge >= 0.3 is 0 Å². The molecule has 0 radical (unpaired) electrons. The minimum Gasteiger partial charge on any atom is -0.424 e. The minimum absolute atomic E-state index is 0.0259. The molecular weight excluding hydrogens is 356 g/mol. The van der Waals surface area contributed by atoms with Gasteiger partial charge in [0, 0.05) is 13.8 Å². The number of hydrogen-bond acceptors (Lipinski definition) is 11. The molecule has 3 aromatic heterocycles. The maximum absolute atomic E-state index is 5.43. The van der Waals surface area contributed by atoms with Crippen LogP contribution in [0.25, 0.3) is 0 Å². The quantitative estimate of drug-likeness (QED) is 0.597. The van der Waals surface area contributed by atoms with E-state index < -0.39 is 0 Å². The van der Waals surface area contributed by atoms with Crippen molar-refractivity contribution in [3.63, 3.8) is 0 Å². The van der Waals surface area contributed by atoms with E-state index in [0.29, 0.717) is 23.6 Å². The van der Waals surface area contributed by atoms with Gasteiger partial charge in [0.2, 0.25) is 23.6 Å². The maximum atomic E-state index is 5.43. The molecule has 0 aromatic carbocycles. The van der Waals surface area contributed by atoms with Crippen LogP contribution in [0, 0.1) is 13.8 Å². The van der Waals surface area contributed by atoms with E-state index >= 15 is 0 Å². The van der Waals surface area contributed by atoms with E-state index in [-0.39, 0.29) is 10.5 Å². The van der Waals surface area contributed by atoms with Crippen LogP contribution in [0.4, 0.5) is 0 Å². The van der Waals surface area contributed by atoms with Crippen LogP contribution in [0.3, 0.4) is 0 Å². The SMILES string of the molecule is Cc1nnc([C@H](C)Sc2nnc(S[C@@H](C)c3nnc(C)o3)s2)o1. The summed E-state index contributed by atoms with van der Waals surface area (Å²) in [5, 5.41) is 24.2. The Kier molecular flexibility index (Phi) is 4.97. The predicted molar refractivity (Wildman–Crippen MR) is 86.5 cm³/mol. The Morgan fingerprint density at radius 1 is 0.739 bits per heavy atom. The molecule has 0 spiro atoms. The smallest absolute Gasteiger partial charge is 0.229 e. The molecule has 0 bridgehead atoms. The first kappa shape index (κ1) is 16.4. The van der Waals surface area contributed by atoms with Crippen molar-refractivity contribution in [1.29, 1.82) is 0 Å². The lowest BCUT2D eigenvalue weighted by Gasteiger charge is -2.02. The van der Waals surface area contributed by atoms with E-state index in [0.717, 1.165) is 8.68 Å². The average Bonchev–Trinajstić information content (AvgIpc) is 3.21. The van der Waals surface area contributed by atoms with Gasteiger partial charge < -0.3 is 8.83 Å². The summed E-state index contributed by atoms with van der Waals surface area (Å²) in [4.78, 5) is 0. The van der Waals surface area contributed by atoms with Gasteiger partial charge in [0.1, 0.15) is 0 Å². The number of thioether (sulfide) groups is 2. The first-order chi connectivity index (χ1) is 11.0. The molecule has 11 heteroatoms. The molecule has 0 aliphatic rings. The molecule has 0 aliphatic carbocycles. The first-order valence-electron chi connectivity index (χ1n) is 6.78. The van der Waals surface area contributed by atoms with E-state index in [9.17, 15) is 0 Å². The van der Waals surface area contributed by atoms with Crippen molar-refractivity contribution in [2.75, 3.05) is 0 Å². The van der Waals surface area contributed by atoms with Gasteiger partial charge in [-0.15, -0.1) is 30.6 Å². The van der Waals surface area contributed by atoms with Crippen LogP contribution in [0.2, 0.25) is 0 Å². The molecule has 0 unspecified atom stereocenters. The molecule has 0 fully saturated rings. The van der Waals surface area contributed by atoms with Crippen LogP contribution in [-0.2, 0) is 0 Å². The van der Waals surface area contributed by atoms with Gasteiger partial charge in [-0.1, -0.05) is 34.9 Å². The van der Waals surface area contributed by atoms with Gasteiger partial charge in [0.15, 0.2) is 8.68 Å². The number of aryl methyl sites for hydroxylation is 2. The minimum atomic E-state index is 0.0259. The molecule has 3 heterocycles. The molecule has 2 atom stereocenters. The largest absolute Gasteiger partial charge is 0.424 e. The topological polar surface area (TPSA) is 104 Å². The maximum Gasteiger partial charge on any atom is 0.229 e. The average molecular weight is 370 g/mol. The fourth-order valence-electron chi connectivity index (χ4n) is 1.65. The summed E-state index contributed by atoms with van der Waals surface area (Å²) in [5.74, 6) is 2.30. The second kappa shape index (κ2) is 6.97. The Balaban J connectivity index is 1.61. The van der Waals surface area contributed by atoms with Crippen LogP contribution in [0.5, 0.6) is 0 Å². The zero-order valence-corrected chi connectivity index (χ0v) is 15.3. The van der Waals surface area contributed by atoms with E-state index in [4.69, 9.17) is 8.83 Å². The molecule has 8 nitrogen and oxygen atoms in total. The number of rotatable bonds is 6. The summed E-state index contributed by atoms with van der Waals surface area (Å²) in [6.07, 6.45) is 0. The molecular formula is C12H14N6O2S3. The van der Waals surface area contributed by atoms with Gasteiger partial charge in [-0.3, -0.25) is 0 Å². The summed E-state index contributed by atoms with van der Waals surface area (Å²) in [6.45, 7) is 7.54. The number of hydrogen-bond donors (Lipinski definition) is 0. The van der Waals surface area contributed by atoms with Crippen molar-refractivity contribution >= 4 is 34.9 Å². The summed E-state index contributed by atoms with van der Waals surface area (Å²) in [7, 11) is 0. The van der Waals surface area contributed by atoms with Gasteiger partial charge in [-0.25, -0.2) is 0 Å². The predicted octanol–water partition coefficient (Wildman–Crippen LogP) is 3.63. The summed E-state index contributed by atoms with van der Waals surface area (Å²) in [5.41, 5.74) is 0. The van der Waals surface area contributed by atoms with Crippen LogP contribution in [0.15, 0.2) is 17.5 Å². The molecule has 0 saturated carbocycles. The third-order valence-corrected chi connectivity index (χ3v) is 5.99. The zero-order valence-electron chi connectivity index (χ0n) is 12.9. The van der Waals surface area contributed by atoms with Crippen molar-refractivity contribution in [2.45, 2.75) is 46.9 Å². The Morgan fingerprint density at radius 2 is 1.17 bits per heavy atom. The molecule has 0 aliphatic heterocycles. The second-order valence-corrected chi connectivity index (χ2v) is 8.83. The van der Waals surface area contributed by atoms with Crippen LogP contribution in [-0.4, -0.2) is 30.6 Å². The van der Waals surface area contributed by atoms with Crippen LogP contribution in [0.1, 0.15) is 47.9 Å². The van der Waals surface area contributed by atoms with Gasteiger partial charge in [0.05, 0.1) is 10.5 Å². The molecule has 3 rings (SSSR count). The van der Waals surface area contributed by atoms with E-state index in [1.165, 1.54) is 11.3 Å². The van der Waals surface area contributed by atoms with Crippen molar-refractivity contribution in [1.82, 2.24) is 30.6 Å². The molecule has 0 amide bonds. The summed E-state index contributed by atoms with van der Waals surface area (Å²) in [6, 6.07) is 0. The lowest BCUT2D eigenvalue weighted by atomic mass is 10.5. The van der Waals surface area contributed by atoms with Crippen molar-refractivity contribution < 1.29 is 8.83 Å². The fourth-order valence-corrected chi connectivity index (χ4v) is 5.02. The molecule has 23 heavy (non-hydrogen) atoms. The number of aromatic nitrogens is 6. The highest BCUT2D eigenvalue weighted by Gasteiger charge is 2.20. The highest BCUT2D eigenvalue weighted by molar-refractivity contribution is 8.03. The van der Waals surface area contributed by atoms with Crippen LogP contribution >= 0.6 is 34.9 Å². The van der Waals surface area contributed by atoms with Crippen molar-refractivity contribution in [3.05, 3.63) is 23.6 Å². The lowest BCUT2D eigenvalue weighted by molar-refractivity contribution is 0.469. The fraction of sp³-hybridized carbons (Fsp3) is 0.500. The summed E-state index contributed by atoms with van der Waals surface area (Å²) < 4.78 is 12.6. The molecule has 122 valence electrons. The lowest BCUT2D eigenvalue weighted by Crippen LogP contribution is -1.88. The van der Waals surface area contributed by atoms with Gasteiger partial charge in [-0.2, -0.15) is 0 Å². The van der Waals surface area contributed by atoms with Crippen LogP contribution < -0.4 is 0 Å². The Morgan fingerprint density at radius 3 is 1.52 bits per heavy atom. The molecule has 3 aromatic rings. The van der Waals surface area contributed by atoms with E-state index in [1.807, 2.05) is 13.8 Å².